The van der Waals surface area contributed by atoms with E-state index in [1.54, 1.807) is 4.90 Å². The summed E-state index contributed by atoms with van der Waals surface area (Å²) >= 11 is 0. The molecule has 0 aliphatic carbocycles. The molecule has 1 aliphatic rings. The van der Waals surface area contributed by atoms with Gasteiger partial charge in [0.25, 0.3) is 0 Å². The van der Waals surface area contributed by atoms with Gasteiger partial charge in [-0.25, -0.2) is 4.79 Å². The van der Waals surface area contributed by atoms with E-state index < -0.39 is 0 Å². The Hall–Kier alpha value is -1.91. The molecule has 4 nitrogen and oxygen atoms in total. The molecule has 1 aliphatic heterocycles. The number of carbonyl (C=O) groups is 1. The molecule has 0 saturated carbocycles. The summed E-state index contributed by atoms with van der Waals surface area (Å²) in [6.07, 6.45) is -0.233. The predicted octanol–water partition coefficient (Wildman–Crippen LogP) is 0.898. The first-order valence-corrected chi connectivity index (χ1v) is 6.21. The first kappa shape index (κ1) is 11.2. The van der Waals surface area contributed by atoms with Gasteiger partial charge in [0.05, 0.1) is 19.7 Å². The molecule has 5 heteroatoms. The minimum Gasteiger partial charge on any atom is -0.450 e. The van der Waals surface area contributed by atoms with Crippen molar-refractivity contribution < 1.29 is 9.53 Å². The van der Waals surface area contributed by atoms with Gasteiger partial charge in [-0.1, -0.05) is 17.6 Å². The number of nitrogens with one attached hydrogen (secondary N) is 1. The van der Waals surface area contributed by atoms with Gasteiger partial charge in [0.2, 0.25) is 0 Å². The monoisotopic (exact) mass is 242 g/mol. The molecule has 0 saturated heterocycles. The number of amides is 1. The van der Waals surface area contributed by atoms with E-state index in [9.17, 15) is 4.79 Å². The number of carbonyl (C=O) groups excluding carboxylic acids is 1. The molecule has 2 aromatic rings. The van der Waals surface area contributed by atoms with Gasteiger partial charge in [0.1, 0.15) is 7.85 Å². The number of H-pyrrole nitrogens is 1. The number of aromatic nitrogens is 1. The average Bonchev–Trinajstić information content (AvgIpc) is 2.87. The molecule has 0 spiro atoms. The molecule has 92 valence electrons. The van der Waals surface area contributed by atoms with Crippen molar-refractivity contribution in [3.63, 3.8) is 0 Å². The molecule has 2 heterocycles. The molecule has 1 amide bonds. The quantitative estimate of drug-likeness (QED) is 0.755. The number of aromatic amines is 1. The first-order valence-electron chi connectivity index (χ1n) is 6.21. The van der Waals surface area contributed by atoms with Crippen molar-refractivity contribution in [2.45, 2.75) is 20.0 Å². The molecular weight excluding hydrogens is 227 g/mol. The SMILES string of the molecule is Bc1ccc2[nH]c3c(c2c1)CN(C(=O)OCC)C3. The van der Waals surface area contributed by atoms with Gasteiger partial charge in [0, 0.05) is 22.2 Å². The third-order valence-electron chi connectivity index (χ3n) is 3.37. The van der Waals surface area contributed by atoms with Crippen molar-refractivity contribution in [2.75, 3.05) is 6.61 Å². The maximum Gasteiger partial charge on any atom is 0.410 e. The van der Waals surface area contributed by atoms with E-state index in [0.29, 0.717) is 19.7 Å². The van der Waals surface area contributed by atoms with Crippen molar-refractivity contribution in [3.8, 4) is 0 Å². The molecule has 0 fully saturated rings. The van der Waals surface area contributed by atoms with Gasteiger partial charge in [-0.15, -0.1) is 0 Å². The summed E-state index contributed by atoms with van der Waals surface area (Å²) in [7, 11) is 2.08. The summed E-state index contributed by atoms with van der Waals surface area (Å²) < 4.78 is 5.04. The second kappa shape index (κ2) is 4.08. The Labute approximate surface area is 106 Å². The van der Waals surface area contributed by atoms with Crippen LogP contribution in [0.5, 0.6) is 0 Å². The van der Waals surface area contributed by atoms with E-state index in [4.69, 9.17) is 4.74 Å². The maximum atomic E-state index is 11.7. The number of fused-ring (bicyclic) bond motifs is 3. The number of rotatable bonds is 1. The lowest BCUT2D eigenvalue weighted by Gasteiger charge is -2.14. The van der Waals surface area contributed by atoms with Crippen molar-refractivity contribution >= 4 is 30.3 Å². The smallest absolute Gasteiger partial charge is 0.410 e. The fraction of sp³-hybridized carbons (Fsp3) is 0.308. The number of nitrogens with zero attached hydrogens (tertiary/aromatic N) is 1. The van der Waals surface area contributed by atoms with Crippen LogP contribution in [0.1, 0.15) is 18.2 Å². The largest absolute Gasteiger partial charge is 0.450 e. The normalized spacial score (nSPS) is 13.9. The Morgan fingerprint density at radius 2 is 2.33 bits per heavy atom. The Kier molecular flexibility index (Phi) is 2.54. The van der Waals surface area contributed by atoms with E-state index in [1.807, 2.05) is 6.92 Å². The summed E-state index contributed by atoms with van der Waals surface area (Å²) in [5, 5.41) is 1.22. The molecule has 0 atom stereocenters. The summed E-state index contributed by atoms with van der Waals surface area (Å²) in [4.78, 5) is 16.8. The molecule has 3 rings (SSSR count). The van der Waals surface area contributed by atoms with Gasteiger partial charge < -0.3 is 9.72 Å². The summed E-state index contributed by atoms with van der Waals surface area (Å²) in [5.74, 6) is 0. The highest BCUT2D eigenvalue weighted by Gasteiger charge is 2.27. The van der Waals surface area contributed by atoms with Crippen LogP contribution in [0.15, 0.2) is 18.2 Å². The fourth-order valence-electron chi connectivity index (χ4n) is 2.51. The molecule has 0 unspecified atom stereocenters. The van der Waals surface area contributed by atoms with Crippen LogP contribution in [0.3, 0.4) is 0 Å². The van der Waals surface area contributed by atoms with E-state index in [0.717, 1.165) is 11.2 Å². The fourth-order valence-corrected chi connectivity index (χ4v) is 2.51. The first-order chi connectivity index (χ1) is 8.69. The van der Waals surface area contributed by atoms with E-state index in [2.05, 4.69) is 31.0 Å². The molecule has 0 radical (unpaired) electrons. The van der Waals surface area contributed by atoms with Crippen LogP contribution in [-0.2, 0) is 17.8 Å². The van der Waals surface area contributed by atoms with Crippen LogP contribution in [0.25, 0.3) is 10.9 Å². The van der Waals surface area contributed by atoms with E-state index >= 15 is 0 Å². The Morgan fingerprint density at radius 3 is 3.11 bits per heavy atom. The van der Waals surface area contributed by atoms with Crippen LogP contribution in [0.4, 0.5) is 4.79 Å². The Morgan fingerprint density at radius 1 is 1.50 bits per heavy atom. The van der Waals surface area contributed by atoms with Crippen LogP contribution in [-0.4, -0.2) is 30.4 Å². The average molecular weight is 242 g/mol. The van der Waals surface area contributed by atoms with Crippen LogP contribution in [0, 0.1) is 0 Å². The van der Waals surface area contributed by atoms with Gasteiger partial charge in [-0.2, -0.15) is 0 Å². The third-order valence-corrected chi connectivity index (χ3v) is 3.37. The number of ether oxygens (including phenoxy) is 1. The zero-order chi connectivity index (χ0) is 12.7. The summed E-state index contributed by atoms with van der Waals surface area (Å²) in [6, 6.07) is 6.36. The highest BCUT2D eigenvalue weighted by Crippen LogP contribution is 2.29. The Bertz CT molecular complexity index is 621. The maximum absolute atomic E-state index is 11.7. The molecule has 18 heavy (non-hydrogen) atoms. The van der Waals surface area contributed by atoms with Crippen molar-refractivity contribution in [1.82, 2.24) is 9.88 Å². The summed E-state index contributed by atoms with van der Waals surface area (Å²) in [6.45, 7) is 3.49. The third kappa shape index (κ3) is 1.67. The lowest BCUT2D eigenvalue weighted by atomic mass is 9.94. The highest BCUT2D eigenvalue weighted by atomic mass is 16.6. The van der Waals surface area contributed by atoms with Crippen LogP contribution < -0.4 is 5.46 Å². The van der Waals surface area contributed by atoms with Crippen molar-refractivity contribution in [2.24, 2.45) is 0 Å². The van der Waals surface area contributed by atoms with Gasteiger partial charge in [-0.05, 0) is 13.0 Å². The van der Waals surface area contributed by atoms with Gasteiger partial charge in [-0.3, -0.25) is 4.90 Å². The number of hydrogen-bond acceptors (Lipinski definition) is 2. The second-order valence-corrected chi connectivity index (χ2v) is 4.69. The van der Waals surface area contributed by atoms with Crippen molar-refractivity contribution in [1.29, 1.82) is 0 Å². The molecule has 1 aromatic heterocycles. The molecule has 1 aromatic carbocycles. The topological polar surface area (TPSA) is 45.3 Å². The zero-order valence-electron chi connectivity index (χ0n) is 10.6. The lowest BCUT2D eigenvalue weighted by Crippen LogP contribution is -2.26. The minimum atomic E-state index is -0.233. The molecular formula is C13H15BN2O2. The van der Waals surface area contributed by atoms with E-state index in [1.165, 1.54) is 16.4 Å². The van der Waals surface area contributed by atoms with Crippen molar-refractivity contribution in [3.05, 3.63) is 29.5 Å². The summed E-state index contributed by atoms with van der Waals surface area (Å²) in [5.41, 5.74) is 4.73. The van der Waals surface area contributed by atoms with Gasteiger partial charge >= 0.3 is 6.09 Å². The second-order valence-electron chi connectivity index (χ2n) is 4.69. The zero-order valence-corrected chi connectivity index (χ0v) is 10.6. The minimum absolute atomic E-state index is 0.233. The van der Waals surface area contributed by atoms with Crippen LogP contribution >= 0.6 is 0 Å². The predicted molar refractivity (Wildman–Crippen MR) is 72.7 cm³/mol. The highest BCUT2D eigenvalue weighted by molar-refractivity contribution is 6.33. The molecule has 0 bridgehead atoms. The number of benzene rings is 1. The van der Waals surface area contributed by atoms with E-state index in [-0.39, 0.29) is 6.09 Å². The lowest BCUT2D eigenvalue weighted by molar-refractivity contribution is 0.106. The van der Waals surface area contributed by atoms with Crippen LogP contribution in [0.2, 0.25) is 0 Å². The Balaban J connectivity index is 1.94. The van der Waals surface area contributed by atoms with Gasteiger partial charge in [0.15, 0.2) is 0 Å². The molecule has 1 N–H and O–H groups in total. The number of hydrogen-bond donors (Lipinski definition) is 1. The standard InChI is InChI=1S/C13H15BN2O2/c1-2-18-13(17)16-6-10-9-5-8(14)3-4-11(9)15-12(10)7-16/h3-5,15H,2,6-7,14H2,1H3.